The van der Waals surface area contributed by atoms with Gasteiger partial charge in [0.1, 0.15) is 0 Å². The summed E-state index contributed by atoms with van der Waals surface area (Å²) in [5.41, 5.74) is 2.81. The van der Waals surface area contributed by atoms with E-state index < -0.39 is 0 Å². The van der Waals surface area contributed by atoms with Crippen molar-refractivity contribution in [3.05, 3.63) is 34.0 Å². The molecular weight excluding hydrogens is 266 g/mol. The zero-order valence-electron chi connectivity index (χ0n) is 9.87. The van der Waals surface area contributed by atoms with E-state index in [0.29, 0.717) is 0 Å². The molecule has 0 aromatic carbocycles. The van der Waals surface area contributed by atoms with E-state index in [9.17, 15) is 0 Å². The number of hydrogen-bond donors (Lipinski definition) is 0. The molecule has 0 fully saturated rings. The Morgan fingerprint density at radius 3 is 2.81 bits per heavy atom. The van der Waals surface area contributed by atoms with Crippen molar-refractivity contribution in [2.45, 2.75) is 13.8 Å². The van der Waals surface area contributed by atoms with Crippen molar-refractivity contribution in [1.82, 2.24) is 9.78 Å². The van der Waals surface area contributed by atoms with Gasteiger partial charge in [-0.25, -0.2) is 0 Å². The van der Waals surface area contributed by atoms with Crippen molar-refractivity contribution in [3.63, 3.8) is 0 Å². The highest BCUT2D eigenvalue weighted by Crippen LogP contribution is 2.24. The molecule has 0 unspecified atom stereocenters. The third-order valence-corrected chi connectivity index (χ3v) is 2.96. The Kier molecular flexibility index (Phi) is 3.19. The van der Waals surface area contributed by atoms with Gasteiger partial charge >= 0.3 is 0 Å². The number of aromatic nitrogens is 2. The largest absolute Gasteiger partial charge is 0.347 e. The van der Waals surface area contributed by atoms with Gasteiger partial charge in [0, 0.05) is 32.4 Å². The normalized spacial score (nSPS) is 17.5. The number of allylic oxidation sites excluding steroid dienone is 1. The summed E-state index contributed by atoms with van der Waals surface area (Å²) in [5, 5.41) is 4.42. The lowest BCUT2D eigenvalue weighted by molar-refractivity contribution is 0.756. The van der Waals surface area contributed by atoms with E-state index in [1.54, 1.807) is 0 Å². The Hall–Kier alpha value is -1.03. The Morgan fingerprint density at radius 2 is 2.25 bits per heavy atom. The van der Waals surface area contributed by atoms with Crippen molar-refractivity contribution in [2.75, 3.05) is 18.0 Å². The quantitative estimate of drug-likeness (QED) is 0.831. The SMILES string of the molecule is CC1=C(/C=C(\C)Br)CN(c2ccn(C)n2)C1. The van der Waals surface area contributed by atoms with Gasteiger partial charge in [-0.15, -0.1) is 0 Å². The molecular formula is C12H16BrN3. The monoisotopic (exact) mass is 281 g/mol. The molecule has 2 rings (SSSR count). The minimum absolute atomic E-state index is 0.950. The van der Waals surface area contributed by atoms with Crippen LogP contribution < -0.4 is 4.90 Å². The molecule has 0 amide bonds. The second kappa shape index (κ2) is 4.45. The molecule has 1 aromatic heterocycles. The van der Waals surface area contributed by atoms with Crippen LogP contribution in [0, 0.1) is 0 Å². The maximum atomic E-state index is 4.42. The number of nitrogens with zero attached hydrogens (tertiary/aromatic N) is 3. The first kappa shape index (κ1) is 11.5. The van der Waals surface area contributed by atoms with Crippen LogP contribution >= 0.6 is 15.9 Å². The highest BCUT2D eigenvalue weighted by Gasteiger charge is 2.19. The predicted molar refractivity (Wildman–Crippen MR) is 70.8 cm³/mol. The lowest BCUT2D eigenvalue weighted by atomic mass is 10.2. The van der Waals surface area contributed by atoms with Gasteiger partial charge in [-0.1, -0.05) is 15.9 Å². The number of anilines is 1. The highest BCUT2D eigenvalue weighted by atomic mass is 79.9. The first-order valence-corrected chi connectivity index (χ1v) is 6.12. The van der Waals surface area contributed by atoms with E-state index >= 15 is 0 Å². The molecule has 0 N–H and O–H groups in total. The molecule has 0 saturated carbocycles. The molecule has 0 spiro atoms. The molecule has 16 heavy (non-hydrogen) atoms. The number of hydrogen-bond acceptors (Lipinski definition) is 2. The van der Waals surface area contributed by atoms with E-state index in [2.05, 4.69) is 51.9 Å². The van der Waals surface area contributed by atoms with Crippen LogP contribution in [0.2, 0.25) is 0 Å². The van der Waals surface area contributed by atoms with Crippen LogP contribution in [0.5, 0.6) is 0 Å². The van der Waals surface area contributed by atoms with E-state index in [4.69, 9.17) is 0 Å². The van der Waals surface area contributed by atoms with Gasteiger partial charge in [0.05, 0.1) is 0 Å². The first-order valence-electron chi connectivity index (χ1n) is 5.33. The number of aryl methyl sites for hydroxylation is 1. The highest BCUT2D eigenvalue weighted by molar-refractivity contribution is 9.11. The smallest absolute Gasteiger partial charge is 0.151 e. The number of halogens is 1. The molecule has 86 valence electrons. The van der Waals surface area contributed by atoms with Gasteiger partial charge in [-0.3, -0.25) is 4.68 Å². The van der Waals surface area contributed by atoms with Crippen LogP contribution in [0.3, 0.4) is 0 Å². The standard InChI is InChI=1S/C12H16BrN3/c1-9-7-16(8-11(9)6-10(2)13)12-4-5-15(3)14-12/h4-6H,7-8H2,1-3H3/b10-6+. The van der Waals surface area contributed by atoms with E-state index in [1.807, 2.05) is 17.9 Å². The molecule has 4 heteroatoms. The van der Waals surface area contributed by atoms with E-state index in [1.165, 1.54) is 15.6 Å². The molecule has 0 saturated heterocycles. The summed E-state index contributed by atoms with van der Waals surface area (Å²) < 4.78 is 3.01. The maximum absolute atomic E-state index is 4.42. The Balaban J connectivity index is 2.14. The molecule has 1 aromatic rings. The van der Waals surface area contributed by atoms with E-state index in [-0.39, 0.29) is 0 Å². The van der Waals surface area contributed by atoms with Crippen LogP contribution in [-0.4, -0.2) is 22.9 Å². The molecule has 2 heterocycles. The minimum atomic E-state index is 0.950. The van der Waals surface area contributed by atoms with Gasteiger partial charge < -0.3 is 4.90 Å². The molecule has 0 bridgehead atoms. The summed E-state index contributed by atoms with van der Waals surface area (Å²) in [5.74, 6) is 1.05. The van der Waals surface area contributed by atoms with Gasteiger partial charge in [0.25, 0.3) is 0 Å². The van der Waals surface area contributed by atoms with Crippen LogP contribution in [0.4, 0.5) is 5.82 Å². The van der Waals surface area contributed by atoms with Crippen molar-refractivity contribution >= 4 is 21.7 Å². The molecule has 1 aliphatic rings. The molecule has 1 aliphatic heterocycles. The molecule has 0 atom stereocenters. The van der Waals surface area contributed by atoms with Gasteiger partial charge in [0.2, 0.25) is 0 Å². The lowest BCUT2D eigenvalue weighted by Crippen LogP contribution is -2.20. The Labute approximate surface area is 105 Å². The second-order valence-electron chi connectivity index (χ2n) is 4.24. The average Bonchev–Trinajstić information content (AvgIpc) is 2.74. The summed E-state index contributed by atoms with van der Waals surface area (Å²) in [6.07, 6.45) is 4.17. The van der Waals surface area contributed by atoms with Gasteiger partial charge in [-0.05, 0) is 35.6 Å². The second-order valence-corrected chi connectivity index (χ2v) is 5.49. The van der Waals surface area contributed by atoms with Crippen LogP contribution in [-0.2, 0) is 7.05 Å². The Morgan fingerprint density at radius 1 is 1.50 bits per heavy atom. The summed E-state index contributed by atoms with van der Waals surface area (Å²) in [7, 11) is 1.95. The zero-order valence-corrected chi connectivity index (χ0v) is 11.5. The zero-order chi connectivity index (χ0) is 11.7. The topological polar surface area (TPSA) is 21.1 Å². The van der Waals surface area contributed by atoms with Crippen LogP contribution in [0.1, 0.15) is 13.8 Å². The fraction of sp³-hybridized carbons (Fsp3) is 0.417. The Bertz CT molecular complexity index is 453. The molecule has 0 radical (unpaired) electrons. The van der Waals surface area contributed by atoms with E-state index in [0.717, 1.165) is 18.9 Å². The third-order valence-electron chi connectivity index (χ3n) is 2.73. The number of rotatable bonds is 2. The summed E-state index contributed by atoms with van der Waals surface area (Å²) in [6, 6.07) is 2.06. The van der Waals surface area contributed by atoms with Crippen LogP contribution in [0.25, 0.3) is 0 Å². The minimum Gasteiger partial charge on any atom is -0.347 e. The van der Waals surface area contributed by atoms with Gasteiger partial charge in [0.15, 0.2) is 5.82 Å². The van der Waals surface area contributed by atoms with Crippen LogP contribution in [0.15, 0.2) is 34.0 Å². The molecule has 0 aliphatic carbocycles. The lowest BCUT2D eigenvalue weighted by Gasteiger charge is -2.14. The fourth-order valence-electron chi connectivity index (χ4n) is 1.93. The predicted octanol–water partition coefficient (Wildman–Crippen LogP) is 2.86. The third kappa shape index (κ3) is 2.38. The first-order chi connectivity index (χ1) is 7.56. The molecule has 3 nitrogen and oxygen atoms in total. The summed E-state index contributed by atoms with van der Waals surface area (Å²) in [6.45, 7) is 6.17. The summed E-state index contributed by atoms with van der Waals surface area (Å²) >= 11 is 3.48. The van der Waals surface area contributed by atoms with Crippen molar-refractivity contribution in [2.24, 2.45) is 7.05 Å². The van der Waals surface area contributed by atoms with Crippen molar-refractivity contribution < 1.29 is 0 Å². The fourth-order valence-corrected chi connectivity index (χ4v) is 2.20. The average molecular weight is 282 g/mol. The van der Waals surface area contributed by atoms with Gasteiger partial charge in [-0.2, -0.15) is 5.10 Å². The maximum Gasteiger partial charge on any atom is 0.151 e. The van der Waals surface area contributed by atoms with Crippen molar-refractivity contribution in [1.29, 1.82) is 0 Å². The summed E-state index contributed by atoms with van der Waals surface area (Å²) in [4.78, 5) is 2.29. The van der Waals surface area contributed by atoms with Crippen molar-refractivity contribution in [3.8, 4) is 0 Å².